The summed E-state index contributed by atoms with van der Waals surface area (Å²) < 4.78 is 9.73. The third kappa shape index (κ3) is 2.21. The number of carbonyl (C=O) groups excluding carboxylic acids is 1. The van der Waals surface area contributed by atoms with Crippen molar-refractivity contribution in [3.8, 4) is 0 Å². The summed E-state index contributed by atoms with van der Waals surface area (Å²) in [6.45, 7) is 3.64. The van der Waals surface area contributed by atoms with Gasteiger partial charge in [0, 0.05) is 5.92 Å². The highest BCUT2D eigenvalue weighted by molar-refractivity contribution is 5.72. The van der Waals surface area contributed by atoms with E-state index >= 15 is 0 Å². The van der Waals surface area contributed by atoms with Gasteiger partial charge in [-0.25, -0.2) is 0 Å². The fraction of sp³-hybridized carbons (Fsp3) is 0.889. The van der Waals surface area contributed by atoms with Crippen LogP contribution >= 0.6 is 0 Å². The van der Waals surface area contributed by atoms with E-state index in [1.165, 1.54) is 7.11 Å². The molecule has 0 spiro atoms. The molecule has 1 unspecified atom stereocenters. The fourth-order valence-corrected chi connectivity index (χ4v) is 1.42. The molecule has 1 aliphatic heterocycles. The molecule has 70 valence electrons. The molecule has 0 bridgehead atoms. The zero-order chi connectivity index (χ0) is 8.97. The third-order valence-electron chi connectivity index (χ3n) is 2.35. The van der Waals surface area contributed by atoms with Gasteiger partial charge in [0.25, 0.3) is 0 Å². The van der Waals surface area contributed by atoms with E-state index in [-0.39, 0.29) is 11.9 Å². The predicted molar refractivity (Wildman–Crippen MR) is 44.7 cm³/mol. The molecule has 1 aliphatic rings. The van der Waals surface area contributed by atoms with Gasteiger partial charge in [0.05, 0.1) is 26.2 Å². The maximum atomic E-state index is 11.2. The number of methoxy groups -OCH3 is 1. The maximum absolute atomic E-state index is 11.2. The highest BCUT2D eigenvalue weighted by Crippen LogP contribution is 2.22. The molecule has 0 radical (unpaired) electrons. The normalized spacial score (nSPS) is 19.8. The van der Waals surface area contributed by atoms with Crippen LogP contribution < -0.4 is 0 Å². The van der Waals surface area contributed by atoms with Crippen LogP contribution in [-0.2, 0) is 14.3 Å². The van der Waals surface area contributed by atoms with Gasteiger partial charge in [-0.1, -0.05) is 6.92 Å². The van der Waals surface area contributed by atoms with Gasteiger partial charge in [-0.15, -0.1) is 0 Å². The zero-order valence-electron chi connectivity index (χ0n) is 7.71. The lowest BCUT2D eigenvalue weighted by Gasteiger charge is -2.28. The standard InChI is InChI=1S/C9H16O3/c1-3-8(9(10)11-2)4-7-5-12-6-7/h7-8H,3-6H2,1-2H3. The van der Waals surface area contributed by atoms with Crippen molar-refractivity contribution in [2.24, 2.45) is 11.8 Å². The van der Waals surface area contributed by atoms with Crippen LogP contribution in [0, 0.1) is 11.8 Å². The van der Waals surface area contributed by atoms with Gasteiger partial charge in [0.2, 0.25) is 0 Å². The lowest BCUT2D eigenvalue weighted by Crippen LogP contribution is -2.31. The molecule has 1 atom stereocenters. The monoisotopic (exact) mass is 172 g/mol. The first-order valence-corrected chi connectivity index (χ1v) is 4.43. The summed E-state index contributed by atoms with van der Waals surface area (Å²) in [5.74, 6) is 0.572. The summed E-state index contributed by atoms with van der Waals surface area (Å²) >= 11 is 0. The first-order chi connectivity index (χ1) is 5.77. The largest absolute Gasteiger partial charge is 0.469 e. The Balaban J connectivity index is 2.28. The molecular weight excluding hydrogens is 156 g/mol. The molecule has 12 heavy (non-hydrogen) atoms. The Morgan fingerprint density at radius 3 is 2.67 bits per heavy atom. The number of ether oxygens (including phenoxy) is 2. The molecule has 1 heterocycles. The first-order valence-electron chi connectivity index (χ1n) is 4.43. The first kappa shape index (κ1) is 9.52. The van der Waals surface area contributed by atoms with E-state index in [4.69, 9.17) is 9.47 Å². The van der Waals surface area contributed by atoms with Crippen LogP contribution in [0.15, 0.2) is 0 Å². The molecule has 1 rings (SSSR count). The third-order valence-corrected chi connectivity index (χ3v) is 2.35. The number of rotatable bonds is 4. The molecule has 0 saturated carbocycles. The van der Waals surface area contributed by atoms with Crippen LogP contribution in [0.4, 0.5) is 0 Å². The summed E-state index contributed by atoms with van der Waals surface area (Å²) in [7, 11) is 1.45. The van der Waals surface area contributed by atoms with Crippen molar-refractivity contribution in [3.63, 3.8) is 0 Å². The molecule has 0 aliphatic carbocycles. The Morgan fingerprint density at radius 1 is 1.67 bits per heavy atom. The molecule has 0 aromatic rings. The molecule has 0 aromatic heterocycles. The van der Waals surface area contributed by atoms with Crippen molar-refractivity contribution >= 4 is 5.97 Å². The second-order valence-corrected chi connectivity index (χ2v) is 3.27. The van der Waals surface area contributed by atoms with Crippen LogP contribution in [0.25, 0.3) is 0 Å². The van der Waals surface area contributed by atoms with Crippen LogP contribution in [0.3, 0.4) is 0 Å². The van der Waals surface area contributed by atoms with E-state index < -0.39 is 0 Å². The van der Waals surface area contributed by atoms with E-state index in [2.05, 4.69) is 0 Å². The average molecular weight is 172 g/mol. The number of esters is 1. The molecule has 0 amide bonds. The van der Waals surface area contributed by atoms with Gasteiger partial charge >= 0.3 is 5.97 Å². The summed E-state index contributed by atoms with van der Waals surface area (Å²) in [5.41, 5.74) is 0. The predicted octanol–water partition coefficient (Wildman–Crippen LogP) is 1.22. The van der Waals surface area contributed by atoms with E-state index in [0.717, 1.165) is 26.1 Å². The van der Waals surface area contributed by atoms with Gasteiger partial charge in [-0.2, -0.15) is 0 Å². The fourth-order valence-electron chi connectivity index (χ4n) is 1.42. The Labute approximate surface area is 73.0 Å². The molecule has 1 saturated heterocycles. The van der Waals surface area contributed by atoms with Crippen molar-refractivity contribution in [2.45, 2.75) is 19.8 Å². The topological polar surface area (TPSA) is 35.5 Å². The lowest BCUT2D eigenvalue weighted by molar-refractivity contribution is -0.147. The Kier molecular flexibility index (Phi) is 3.53. The number of hydrogen-bond acceptors (Lipinski definition) is 3. The number of carbonyl (C=O) groups is 1. The summed E-state index contributed by atoms with van der Waals surface area (Å²) in [6, 6.07) is 0. The summed E-state index contributed by atoms with van der Waals surface area (Å²) in [6.07, 6.45) is 1.78. The Bertz CT molecular complexity index is 152. The zero-order valence-corrected chi connectivity index (χ0v) is 7.71. The van der Waals surface area contributed by atoms with Gasteiger partial charge in [0.1, 0.15) is 0 Å². The molecule has 0 aromatic carbocycles. The summed E-state index contributed by atoms with van der Waals surface area (Å²) in [5, 5.41) is 0. The van der Waals surface area contributed by atoms with Crippen molar-refractivity contribution in [1.29, 1.82) is 0 Å². The van der Waals surface area contributed by atoms with E-state index in [9.17, 15) is 4.79 Å². The van der Waals surface area contributed by atoms with E-state index in [1.54, 1.807) is 0 Å². The van der Waals surface area contributed by atoms with Gasteiger partial charge in [0.15, 0.2) is 0 Å². The second-order valence-electron chi connectivity index (χ2n) is 3.27. The van der Waals surface area contributed by atoms with Crippen LogP contribution in [0.1, 0.15) is 19.8 Å². The molecule has 1 fully saturated rings. The van der Waals surface area contributed by atoms with Crippen molar-refractivity contribution < 1.29 is 14.3 Å². The highest BCUT2D eigenvalue weighted by atomic mass is 16.5. The maximum Gasteiger partial charge on any atom is 0.308 e. The average Bonchev–Trinajstić information content (AvgIpc) is 2.02. The minimum atomic E-state index is -0.0793. The molecule has 3 heteroatoms. The summed E-state index contributed by atoms with van der Waals surface area (Å²) in [4.78, 5) is 11.2. The molecular formula is C9H16O3. The van der Waals surface area contributed by atoms with Crippen LogP contribution in [-0.4, -0.2) is 26.3 Å². The van der Waals surface area contributed by atoms with Crippen molar-refractivity contribution in [2.75, 3.05) is 20.3 Å². The van der Waals surface area contributed by atoms with E-state index in [1.807, 2.05) is 6.92 Å². The SMILES string of the molecule is CCC(CC1COC1)C(=O)OC. The molecule has 3 nitrogen and oxygen atoms in total. The lowest BCUT2D eigenvalue weighted by atomic mass is 9.91. The van der Waals surface area contributed by atoms with E-state index in [0.29, 0.717) is 5.92 Å². The van der Waals surface area contributed by atoms with Crippen molar-refractivity contribution in [1.82, 2.24) is 0 Å². The highest BCUT2D eigenvalue weighted by Gasteiger charge is 2.26. The smallest absolute Gasteiger partial charge is 0.308 e. The Hall–Kier alpha value is -0.570. The number of hydrogen-bond donors (Lipinski definition) is 0. The van der Waals surface area contributed by atoms with Gasteiger partial charge in [-0.3, -0.25) is 4.79 Å². The van der Waals surface area contributed by atoms with Gasteiger partial charge in [-0.05, 0) is 12.8 Å². The quantitative estimate of drug-likeness (QED) is 0.598. The minimum Gasteiger partial charge on any atom is -0.469 e. The van der Waals surface area contributed by atoms with Crippen molar-refractivity contribution in [3.05, 3.63) is 0 Å². The Morgan fingerprint density at radius 2 is 2.33 bits per heavy atom. The minimum absolute atomic E-state index is 0.0731. The molecule has 0 N–H and O–H groups in total. The van der Waals surface area contributed by atoms with Crippen LogP contribution in [0.2, 0.25) is 0 Å². The van der Waals surface area contributed by atoms with Crippen LogP contribution in [0.5, 0.6) is 0 Å². The van der Waals surface area contributed by atoms with Gasteiger partial charge < -0.3 is 9.47 Å². The second kappa shape index (κ2) is 4.45.